The van der Waals surface area contributed by atoms with Crippen molar-refractivity contribution in [3.63, 3.8) is 0 Å². The number of nitrogens with two attached hydrogens (primary N) is 1. The maximum atomic E-state index is 6.12. The van der Waals surface area contributed by atoms with Crippen LogP contribution in [0.2, 0.25) is 0 Å². The summed E-state index contributed by atoms with van der Waals surface area (Å²) in [7, 11) is 0. The molecule has 0 aromatic heterocycles. The van der Waals surface area contributed by atoms with E-state index in [1.165, 1.54) is 10.9 Å². The van der Waals surface area contributed by atoms with Crippen LogP contribution in [0.15, 0.2) is 71.7 Å². The zero-order chi connectivity index (χ0) is 13.9. The Kier molecular flexibility index (Phi) is 3.21. The van der Waals surface area contributed by atoms with Crippen LogP contribution in [0.3, 0.4) is 0 Å². The lowest BCUT2D eigenvalue weighted by atomic mass is 10.1. The fourth-order valence-corrected chi connectivity index (χ4v) is 2.22. The number of nitrogens with zero attached hydrogens (tertiary/aromatic N) is 1. The number of aliphatic imine (C=N–C) groups is 1. The third kappa shape index (κ3) is 2.41. The van der Waals surface area contributed by atoms with Crippen molar-refractivity contribution < 1.29 is 0 Å². The van der Waals surface area contributed by atoms with Crippen molar-refractivity contribution in [2.45, 2.75) is 6.92 Å². The molecule has 0 unspecified atom stereocenters. The van der Waals surface area contributed by atoms with Crippen molar-refractivity contribution in [3.8, 4) is 0 Å². The van der Waals surface area contributed by atoms with Gasteiger partial charge in [0.2, 0.25) is 0 Å². The number of aryl methyl sites for hydroxylation is 1. The van der Waals surface area contributed by atoms with Crippen molar-refractivity contribution in [3.05, 3.63) is 77.9 Å². The highest BCUT2D eigenvalue weighted by Crippen LogP contribution is 2.25. The van der Waals surface area contributed by atoms with Crippen LogP contribution in [0, 0.1) is 6.92 Å². The molecule has 20 heavy (non-hydrogen) atoms. The topological polar surface area (TPSA) is 38.4 Å². The summed E-state index contributed by atoms with van der Waals surface area (Å²) >= 11 is 0. The van der Waals surface area contributed by atoms with Crippen molar-refractivity contribution >= 4 is 22.3 Å². The normalized spacial score (nSPS) is 11.8. The van der Waals surface area contributed by atoms with Gasteiger partial charge < -0.3 is 5.73 Å². The van der Waals surface area contributed by atoms with E-state index < -0.39 is 0 Å². The van der Waals surface area contributed by atoms with Gasteiger partial charge in [-0.1, -0.05) is 66.2 Å². The molecule has 0 spiro atoms. The van der Waals surface area contributed by atoms with Crippen molar-refractivity contribution in [2.24, 2.45) is 10.7 Å². The lowest BCUT2D eigenvalue weighted by Gasteiger charge is -2.05. The molecule has 3 aromatic rings. The number of amidine groups is 1. The van der Waals surface area contributed by atoms with Crippen molar-refractivity contribution in [1.82, 2.24) is 0 Å². The predicted molar refractivity (Wildman–Crippen MR) is 85.5 cm³/mol. The summed E-state index contributed by atoms with van der Waals surface area (Å²) in [6.07, 6.45) is 0. The molecule has 0 radical (unpaired) electrons. The molecule has 0 amide bonds. The Labute approximate surface area is 118 Å². The number of hydrogen-bond donors (Lipinski definition) is 1. The van der Waals surface area contributed by atoms with Crippen molar-refractivity contribution in [2.75, 3.05) is 0 Å². The minimum absolute atomic E-state index is 0.543. The molecule has 2 nitrogen and oxygen atoms in total. The van der Waals surface area contributed by atoms with Crippen LogP contribution in [0.1, 0.15) is 11.1 Å². The summed E-state index contributed by atoms with van der Waals surface area (Å²) in [5.41, 5.74) is 9.18. The number of rotatable bonds is 2. The van der Waals surface area contributed by atoms with Crippen LogP contribution < -0.4 is 5.73 Å². The predicted octanol–water partition coefficient (Wildman–Crippen LogP) is 4.19. The third-order valence-electron chi connectivity index (χ3n) is 3.35. The minimum Gasteiger partial charge on any atom is -0.383 e. The molecule has 0 fully saturated rings. The quantitative estimate of drug-likeness (QED) is 0.544. The van der Waals surface area contributed by atoms with Gasteiger partial charge in [-0.25, -0.2) is 4.99 Å². The van der Waals surface area contributed by atoms with Gasteiger partial charge in [0, 0.05) is 10.9 Å². The van der Waals surface area contributed by atoms with E-state index in [1.807, 2.05) is 48.5 Å². The molecular formula is C18H16N2. The Bertz CT molecular complexity index is 766. The van der Waals surface area contributed by atoms with Gasteiger partial charge in [0.1, 0.15) is 5.84 Å². The second-order valence-electron chi connectivity index (χ2n) is 4.86. The summed E-state index contributed by atoms with van der Waals surface area (Å²) in [5.74, 6) is 0.543. The van der Waals surface area contributed by atoms with Crippen molar-refractivity contribution in [1.29, 1.82) is 0 Å². The van der Waals surface area contributed by atoms with Crippen LogP contribution in [0.25, 0.3) is 10.8 Å². The van der Waals surface area contributed by atoms with E-state index in [-0.39, 0.29) is 0 Å². The first-order chi connectivity index (χ1) is 9.74. The first-order valence-corrected chi connectivity index (χ1v) is 6.63. The van der Waals surface area contributed by atoms with Gasteiger partial charge in [0.25, 0.3) is 0 Å². The molecule has 0 bridgehead atoms. The molecule has 3 aromatic carbocycles. The maximum absolute atomic E-state index is 6.12. The molecular weight excluding hydrogens is 244 g/mol. The second kappa shape index (κ2) is 5.17. The molecule has 2 heteroatoms. The first kappa shape index (κ1) is 12.4. The molecule has 0 aliphatic rings. The lowest BCUT2D eigenvalue weighted by molar-refractivity contribution is 1.43. The Morgan fingerprint density at radius 3 is 2.35 bits per heavy atom. The molecule has 2 N–H and O–H groups in total. The van der Waals surface area contributed by atoms with Crippen LogP contribution in [0.5, 0.6) is 0 Å². The summed E-state index contributed by atoms with van der Waals surface area (Å²) in [4.78, 5) is 4.58. The second-order valence-corrected chi connectivity index (χ2v) is 4.86. The summed E-state index contributed by atoms with van der Waals surface area (Å²) in [5, 5.41) is 2.29. The fourth-order valence-electron chi connectivity index (χ4n) is 2.22. The van der Waals surface area contributed by atoms with Crippen LogP contribution >= 0.6 is 0 Å². The fraction of sp³-hybridized carbons (Fsp3) is 0.0556. The van der Waals surface area contributed by atoms with Gasteiger partial charge in [-0.05, 0) is 18.4 Å². The molecule has 0 aliphatic carbocycles. The summed E-state index contributed by atoms with van der Waals surface area (Å²) in [6.45, 7) is 2.06. The number of fused-ring (bicyclic) bond motifs is 1. The standard InChI is InChI=1S/C18H16N2/c1-13-9-11-15(12-10-13)18(19)20-17-8-4-6-14-5-2-3-7-16(14)17/h2-12H,1H3,(H2,19,20). The lowest BCUT2D eigenvalue weighted by Crippen LogP contribution is -2.12. The van der Waals surface area contributed by atoms with E-state index in [0.29, 0.717) is 5.84 Å². The van der Waals surface area contributed by atoms with Gasteiger partial charge in [0.05, 0.1) is 5.69 Å². The zero-order valence-corrected chi connectivity index (χ0v) is 11.4. The molecule has 98 valence electrons. The van der Waals surface area contributed by atoms with Crippen LogP contribution in [-0.4, -0.2) is 5.84 Å². The Hall–Kier alpha value is -2.61. The molecule has 0 saturated carbocycles. The van der Waals surface area contributed by atoms with Gasteiger partial charge in [0.15, 0.2) is 0 Å². The highest BCUT2D eigenvalue weighted by atomic mass is 14.9. The molecule has 3 rings (SSSR count). The Morgan fingerprint density at radius 1 is 0.850 bits per heavy atom. The van der Waals surface area contributed by atoms with Crippen LogP contribution in [-0.2, 0) is 0 Å². The Morgan fingerprint density at radius 2 is 1.55 bits per heavy atom. The SMILES string of the molecule is Cc1ccc(C(N)=Nc2cccc3ccccc23)cc1. The van der Waals surface area contributed by atoms with E-state index in [1.54, 1.807) is 0 Å². The highest BCUT2D eigenvalue weighted by Gasteiger charge is 2.02. The first-order valence-electron chi connectivity index (χ1n) is 6.63. The summed E-state index contributed by atoms with van der Waals surface area (Å²) < 4.78 is 0. The summed E-state index contributed by atoms with van der Waals surface area (Å²) in [6, 6.07) is 22.3. The number of benzene rings is 3. The molecule has 0 aliphatic heterocycles. The van der Waals surface area contributed by atoms with Crippen LogP contribution in [0.4, 0.5) is 5.69 Å². The van der Waals surface area contributed by atoms with Gasteiger partial charge in [-0.3, -0.25) is 0 Å². The monoisotopic (exact) mass is 260 g/mol. The zero-order valence-electron chi connectivity index (χ0n) is 11.4. The van der Waals surface area contributed by atoms with E-state index in [2.05, 4.69) is 30.1 Å². The third-order valence-corrected chi connectivity index (χ3v) is 3.35. The van der Waals surface area contributed by atoms with Gasteiger partial charge in [-0.15, -0.1) is 0 Å². The number of hydrogen-bond acceptors (Lipinski definition) is 1. The Balaban J connectivity index is 2.07. The average Bonchev–Trinajstić information content (AvgIpc) is 2.48. The van der Waals surface area contributed by atoms with E-state index in [0.717, 1.165) is 16.6 Å². The average molecular weight is 260 g/mol. The van der Waals surface area contributed by atoms with E-state index in [4.69, 9.17) is 5.73 Å². The van der Waals surface area contributed by atoms with Gasteiger partial charge >= 0.3 is 0 Å². The highest BCUT2D eigenvalue weighted by molar-refractivity contribution is 6.02. The van der Waals surface area contributed by atoms with E-state index >= 15 is 0 Å². The largest absolute Gasteiger partial charge is 0.383 e. The van der Waals surface area contributed by atoms with E-state index in [9.17, 15) is 0 Å². The smallest absolute Gasteiger partial charge is 0.131 e. The minimum atomic E-state index is 0.543. The molecule has 0 atom stereocenters. The maximum Gasteiger partial charge on any atom is 0.131 e. The molecule has 0 saturated heterocycles. The molecule has 0 heterocycles. The van der Waals surface area contributed by atoms with Gasteiger partial charge in [-0.2, -0.15) is 0 Å².